The van der Waals surface area contributed by atoms with E-state index in [2.05, 4.69) is 25.3 Å². The number of nitrogen functional groups attached to an aromatic ring is 1. The molecular formula is C27H32F4N8O4. The van der Waals surface area contributed by atoms with Gasteiger partial charge in [0.05, 0.1) is 25.4 Å². The Kier molecular flexibility index (Phi) is 8.17. The van der Waals surface area contributed by atoms with E-state index in [9.17, 15) is 32.3 Å². The molecule has 0 radical (unpaired) electrons. The lowest BCUT2D eigenvalue weighted by molar-refractivity contribution is -0.249. The molecule has 0 bridgehead atoms. The van der Waals surface area contributed by atoms with Crippen LogP contribution < -0.4 is 15.8 Å². The van der Waals surface area contributed by atoms with Crippen LogP contribution in [0.15, 0.2) is 24.7 Å². The number of methoxy groups -OCH3 is 1. The number of nitrogens with zero attached hydrogens (tertiary/aromatic N) is 6. The monoisotopic (exact) mass is 608 g/mol. The van der Waals surface area contributed by atoms with Crippen LogP contribution in [0.4, 0.5) is 23.4 Å². The third-order valence-corrected chi connectivity index (χ3v) is 7.91. The summed E-state index contributed by atoms with van der Waals surface area (Å²) >= 11 is 0. The van der Waals surface area contributed by atoms with Crippen LogP contribution >= 0.6 is 0 Å². The lowest BCUT2D eigenvalue weighted by Crippen LogP contribution is -2.56. The minimum atomic E-state index is -5.26. The molecule has 3 atom stereocenters. The highest BCUT2D eigenvalue weighted by Gasteiger charge is 2.58. The lowest BCUT2D eigenvalue weighted by atomic mass is 10.1. The molecule has 0 aromatic carbocycles. The molecule has 2 aliphatic heterocycles. The van der Waals surface area contributed by atoms with Crippen molar-refractivity contribution < 1.29 is 37.0 Å². The standard InChI is InChI=1S/C27H32F4N8O4/c1-26(42,27(29,30)31)25(41)38-12-18(28)19(13-38)36-23(40)17-8-15(10-33-24(17)43-2)20-9-16(11-37-6-4-3-5-7-37)21-22(32)34-14-35-39(20)21/h8-10,14,18-19,42H,3-7,11-13H2,1-2H3,(H,36,40)(H2,32,34,35)/t18-,19+,26?/m0/s1. The Morgan fingerprint density at radius 2 is 1.88 bits per heavy atom. The summed E-state index contributed by atoms with van der Waals surface area (Å²) in [5.41, 5.74) is 5.00. The van der Waals surface area contributed by atoms with Crippen molar-refractivity contribution >= 4 is 23.1 Å². The first kappa shape index (κ1) is 30.4. The fourth-order valence-electron chi connectivity index (χ4n) is 5.49. The fourth-order valence-corrected chi connectivity index (χ4v) is 5.49. The molecular weight excluding hydrogens is 576 g/mol. The number of fused-ring (bicyclic) bond motifs is 1. The van der Waals surface area contributed by atoms with E-state index in [1.807, 2.05) is 6.07 Å². The van der Waals surface area contributed by atoms with E-state index in [0.29, 0.717) is 35.1 Å². The highest BCUT2D eigenvalue weighted by molar-refractivity contribution is 5.98. The lowest BCUT2D eigenvalue weighted by Gasteiger charge is -2.29. The van der Waals surface area contributed by atoms with E-state index >= 15 is 0 Å². The number of alkyl halides is 4. The normalized spacial score (nSPS) is 21.1. The van der Waals surface area contributed by atoms with E-state index < -0.39 is 48.9 Å². The summed E-state index contributed by atoms with van der Waals surface area (Å²) in [6, 6.07) is 2.03. The Balaban J connectivity index is 1.41. The summed E-state index contributed by atoms with van der Waals surface area (Å²) in [7, 11) is 1.29. The first-order valence-corrected chi connectivity index (χ1v) is 13.7. The summed E-state index contributed by atoms with van der Waals surface area (Å²) < 4.78 is 61.2. The highest BCUT2D eigenvalue weighted by Crippen LogP contribution is 2.34. The Morgan fingerprint density at radius 1 is 1.16 bits per heavy atom. The number of piperidine rings is 1. The van der Waals surface area contributed by atoms with Gasteiger partial charge in [0.15, 0.2) is 5.82 Å². The molecule has 0 saturated carbocycles. The van der Waals surface area contributed by atoms with Gasteiger partial charge < -0.3 is 25.8 Å². The summed E-state index contributed by atoms with van der Waals surface area (Å²) in [5, 5.41) is 16.5. The van der Waals surface area contributed by atoms with Crippen LogP contribution in [0.1, 0.15) is 42.1 Å². The van der Waals surface area contributed by atoms with Crippen LogP contribution in [0.5, 0.6) is 5.88 Å². The van der Waals surface area contributed by atoms with Crippen LogP contribution in [0.3, 0.4) is 0 Å². The van der Waals surface area contributed by atoms with Gasteiger partial charge >= 0.3 is 6.18 Å². The number of amides is 2. The van der Waals surface area contributed by atoms with E-state index in [4.69, 9.17) is 10.5 Å². The van der Waals surface area contributed by atoms with Gasteiger partial charge in [0.25, 0.3) is 11.8 Å². The number of likely N-dealkylation sites (tertiary alicyclic amines) is 2. The van der Waals surface area contributed by atoms with Gasteiger partial charge in [0.1, 0.15) is 23.6 Å². The van der Waals surface area contributed by atoms with Crippen molar-refractivity contribution in [1.82, 2.24) is 34.7 Å². The zero-order chi connectivity index (χ0) is 31.1. The molecule has 4 N–H and O–H groups in total. The highest BCUT2D eigenvalue weighted by atomic mass is 19.4. The molecule has 43 heavy (non-hydrogen) atoms. The number of aliphatic hydroxyl groups is 1. The van der Waals surface area contributed by atoms with Gasteiger partial charge in [-0.1, -0.05) is 6.42 Å². The zero-order valence-corrected chi connectivity index (χ0v) is 23.6. The average molecular weight is 609 g/mol. The Labute approximate surface area is 243 Å². The number of hydrogen-bond donors (Lipinski definition) is 3. The minimum absolute atomic E-state index is 0.0752. The van der Waals surface area contributed by atoms with E-state index in [-0.39, 0.29) is 17.3 Å². The molecule has 232 valence electrons. The zero-order valence-electron chi connectivity index (χ0n) is 23.6. The smallest absolute Gasteiger partial charge is 0.426 e. The first-order valence-electron chi connectivity index (χ1n) is 13.7. The summed E-state index contributed by atoms with van der Waals surface area (Å²) in [6.45, 7) is 1.51. The Bertz CT molecular complexity index is 1520. The van der Waals surface area contributed by atoms with Crippen molar-refractivity contribution in [1.29, 1.82) is 0 Å². The van der Waals surface area contributed by atoms with Crippen LogP contribution in [-0.2, 0) is 11.3 Å². The molecule has 2 fully saturated rings. The van der Waals surface area contributed by atoms with Crippen molar-refractivity contribution in [3.8, 4) is 17.1 Å². The van der Waals surface area contributed by atoms with E-state index in [1.165, 1.54) is 32.1 Å². The summed E-state index contributed by atoms with van der Waals surface area (Å²) in [5.74, 6) is -2.32. The predicted molar refractivity (Wildman–Crippen MR) is 146 cm³/mol. The number of halogens is 4. The van der Waals surface area contributed by atoms with E-state index in [0.717, 1.165) is 31.5 Å². The van der Waals surface area contributed by atoms with E-state index in [1.54, 1.807) is 4.52 Å². The molecule has 2 saturated heterocycles. The predicted octanol–water partition coefficient (Wildman–Crippen LogP) is 1.96. The van der Waals surface area contributed by atoms with Crippen molar-refractivity contribution in [3.63, 3.8) is 0 Å². The number of aromatic nitrogens is 4. The van der Waals surface area contributed by atoms with Gasteiger partial charge in [-0.25, -0.2) is 18.9 Å². The van der Waals surface area contributed by atoms with Crippen molar-refractivity contribution in [2.75, 3.05) is 39.0 Å². The van der Waals surface area contributed by atoms with Gasteiger partial charge in [0.2, 0.25) is 11.5 Å². The number of rotatable bonds is 7. The maximum atomic E-state index is 14.8. The number of hydrogen-bond acceptors (Lipinski definition) is 9. The quantitative estimate of drug-likeness (QED) is 0.342. The molecule has 0 spiro atoms. The SMILES string of the molecule is COc1ncc(-c2cc(CN3CCCCC3)c3c(N)ncnn23)cc1C(=O)N[C@@H]1CN(C(=O)C(C)(O)C(F)(F)F)C[C@@H]1F. The van der Waals surface area contributed by atoms with Gasteiger partial charge in [0, 0.05) is 24.8 Å². The molecule has 12 nitrogen and oxygen atoms in total. The van der Waals surface area contributed by atoms with Crippen LogP contribution in [0.2, 0.25) is 0 Å². The second kappa shape index (κ2) is 11.6. The maximum absolute atomic E-state index is 14.8. The molecule has 16 heteroatoms. The molecule has 5 heterocycles. The van der Waals surface area contributed by atoms with Crippen molar-refractivity contribution in [3.05, 3.63) is 35.8 Å². The minimum Gasteiger partial charge on any atom is -0.480 e. The first-order chi connectivity index (χ1) is 20.3. The average Bonchev–Trinajstić information content (AvgIpc) is 3.52. The van der Waals surface area contributed by atoms with Gasteiger partial charge in [-0.15, -0.1) is 0 Å². The number of carbonyl (C=O) groups is 2. The molecule has 3 aromatic rings. The largest absolute Gasteiger partial charge is 0.480 e. The number of ether oxygens (including phenoxy) is 1. The third kappa shape index (κ3) is 5.80. The van der Waals surface area contributed by atoms with Gasteiger partial charge in [-0.05, 0) is 50.6 Å². The summed E-state index contributed by atoms with van der Waals surface area (Å²) in [4.78, 5) is 36.9. The molecule has 3 aromatic heterocycles. The van der Waals surface area contributed by atoms with Crippen molar-refractivity contribution in [2.24, 2.45) is 0 Å². The van der Waals surface area contributed by atoms with Crippen LogP contribution in [0, 0.1) is 0 Å². The third-order valence-electron chi connectivity index (χ3n) is 7.91. The molecule has 2 aliphatic rings. The summed E-state index contributed by atoms with van der Waals surface area (Å²) in [6.07, 6.45) is -0.981. The van der Waals surface area contributed by atoms with Crippen molar-refractivity contribution in [2.45, 2.75) is 56.7 Å². The maximum Gasteiger partial charge on any atom is 0.426 e. The number of anilines is 1. The number of pyridine rings is 1. The van der Waals surface area contributed by atoms with Gasteiger partial charge in [-0.2, -0.15) is 18.3 Å². The second-order valence-electron chi connectivity index (χ2n) is 11.0. The topological polar surface area (TPSA) is 151 Å². The number of carbonyl (C=O) groups excluding carboxylic acids is 2. The van der Waals surface area contributed by atoms with Gasteiger partial charge in [-0.3, -0.25) is 14.5 Å². The Hall–Kier alpha value is -4.05. The molecule has 2 amide bonds. The molecule has 0 aliphatic carbocycles. The second-order valence-corrected chi connectivity index (χ2v) is 11.0. The number of nitrogens with two attached hydrogens (primary N) is 1. The van der Waals surface area contributed by atoms with Crippen LogP contribution in [0.25, 0.3) is 16.8 Å². The molecule has 1 unspecified atom stereocenters. The van der Waals surface area contributed by atoms with Crippen LogP contribution in [-0.4, -0.2) is 104 Å². The fraction of sp³-hybridized carbons (Fsp3) is 0.519. The number of nitrogens with one attached hydrogen (secondary N) is 1. The Morgan fingerprint density at radius 3 is 2.56 bits per heavy atom. The molecule has 5 rings (SSSR count).